The van der Waals surface area contributed by atoms with Crippen molar-refractivity contribution in [1.82, 2.24) is 4.72 Å². The monoisotopic (exact) mass is 324 g/mol. The molecule has 0 aromatic heterocycles. The van der Waals surface area contributed by atoms with Crippen LogP contribution in [0.2, 0.25) is 0 Å². The van der Waals surface area contributed by atoms with Crippen LogP contribution in [0.4, 0.5) is 5.69 Å². The molecule has 22 heavy (non-hydrogen) atoms. The highest BCUT2D eigenvalue weighted by atomic mass is 32.2. The van der Waals surface area contributed by atoms with Crippen molar-refractivity contribution < 1.29 is 13.3 Å². The smallest absolute Gasteiger partial charge is 0.258 e. The van der Waals surface area contributed by atoms with E-state index in [4.69, 9.17) is 0 Å². The molecule has 7 heteroatoms. The van der Waals surface area contributed by atoms with Crippen LogP contribution in [0.1, 0.15) is 36.8 Å². The number of aryl methyl sites for hydroxylation is 1. The number of rotatable bonds is 5. The minimum Gasteiger partial charge on any atom is -0.258 e. The van der Waals surface area contributed by atoms with E-state index >= 15 is 0 Å². The maximum atomic E-state index is 12.4. The normalized spacial score (nSPS) is 15.5. The van der Waals surface area contributed by atoms with Crippen molar-refractivity contribution in [3.8, 4) is 0 Å². The number of sulfonamides is 1. The third kappa shape index (κ3) is 3.72. The van der Waals surface area contributed by atoms with Gasteiger partial charge in [-0.3, -0.25) is 10.1 Å². The molecule has 0 heterocycles. The second kappa shape index (κ2) is 6.58. The Morgan fingerprint density at radius 1 is 1.27 bits per heavy atom. The van der Waals surface area contributed by atoms with Crippen LogP contribution in [0.25, 0.3) is 0 Å². The number of hydrogen-bond acceptors (Lipinski definition) is 4. The Bertz CT molecular complexity index is 723. The lowest BCUT2D eigenvalue weighted by Gasteiger charge is -2.14. The quantitative estimate of drug-likeness (QED) is 0.512. The molecule has 1 N–H and O–H groups in total. The highest BCUT2D eigenvalue weighted by Gasteiger charge is 2.21. The van der Waals surface area contributed by atoms with Crippen LogP contribution < -0.4 is 4.72 Å². The summed E-state index contributed by atoms with van der Waals surface area (Å²) in [4.78, 5) is 10.4. The zero-order valence-corrected chi connectivity index (χ0v) is 13.6. The molecule has 6 nitrogen and oxygen atoms in total. The summed E-state index contributed by atoms with van der Waals surface area (Å²) in [5.74, 6) is 0. The number of nitrogens with zero attached hydrogens (tertiary/aromatic N) is 1. The average molecular weight is 324 g/mol. The van der Waals surface area contributed by atoms with Crippen LogP contribution in [0.3, 0.4) is 0 Å². The van der Waals surface area contributed by atoms with Gasteiger partial charge in [0.25, 0.3) is 5.69 Å². The van der Waals surface area contributed by atoms with Gasteiger partial charge in [0.1, 0.15) is 0 Å². The summed E-state index contributed by atoms with van der Waals surface area (Å²) < 4.78 is 27.2. The second-order valence-corrected chi connectivity index (χ2v) is 7.34. The Balaban J connectivity index is 2.25. The summed E-state index contributed by atoms with van der Waals surface area (Å²) in [5.41, 5.74) is 1.98. The van der Waals surface area contributed by atoms with E-state index in [-0.39, 0.29) is 17.1 Å². The fourth-order valence-electron chi connectivity index (χ4n) is 2.49. The van der Waals surface area contributed by atoms with Crippen LogP contribution in [0, 0.1) is 24.0 Å². The van der Waals surface area contributed by atoms with Crippen LogP contribution in [-0.2, 0) is 10.0 Å². The Hall–Kier alpha value is -1.73. The highest BCUT2D eigenvalue weighted by molar-refractivity contribution is 7.89. The summed E-state index contributed by atoms with van der Waals surface area (Å²) in [6, 6.07) is 2.60. The maximum absolute atomic E-state index is 12.4. The number of nitrogens with one attached hydrogen (secondary N) is 1. The number of benzene rings is 1. The number of nitro groups is 1. The van der Waals surface area contributed by atoms with Gasteiger partial charge < -0.3 is 0 Å². The van der Waals surface area contributed by atoms with Gasteiger partial charge in [0.2, 0.25) is 10.0 Å². The van der Waals surface area contributed by atoms with E-state index in [1.54, 1.807) is 13.8 Å². The van der Waals surface area contributed by atoms with Gasteiger partial charge in [0.05, 0.1) is 9.82 Å². The molecule has 1 aliphatic rings. The molecule has 0 radical (unpaired) electrons. The van der Waals surface area contributed by atoms with Crippen molar-refractivity contribution in [2.75, 3.05) is 6.54 Å². The Morgan fingerprint density at radius 2 is 2.00 bits per heavy atom. The standard InChI is InChI=1S/C15H20N2O4S/c1-11-8-14(9-15(12(11)2)17(18)19)22(20,21)16-10-13-6-4-3-5-7-13/h6,8-9,16H,3-5,7,10H2,1-2H3. The third-order valence-corrected chi connectivity index (χ3v) is 5.38. The minimum absolute atomic E-state index is 0.0568. The van der Waals surface area contributed by atoms with Crippen molar-refractivity contribution in [3.63, 3.8) is 0 Å². The second-order valence-electron chi connectivity index (χ2n) is 5.57. The molecule has 120 valence electrons. The molecule has 1 aromatic rings. The zero-order valence-electron chi connectivity index (χ0n) is 12.8. The van der Waals surface area contributed by atoms with E-state index in [2.05, 4.69) is 10.8 Å². The topological polar surface area (TPSA) is 89.3 Å². The molecule has 1 aromatic carbocycles. The van der Waals surface area contributed by atoms with E-state index in [0.29, 0.717) is 11.1 Å². The molecule has 0 saturated carbocycles. The third-order valence-electron chi connectivity index (χ3n) is 3.99. The first-order valence-electron chi connectivity index (χ1n) is 7.24. The van der Waals surface area contributed by atoms with E-state index in [1.165, 1.54) is 6.07 Å². The lowest BCUT2D eigenvalue weighted by Crippen LogP contribution is -2.26. The summed E-state index contributed by atoms with van der Waals surface area (Å²) in [6.45, 7) is 3.55. The van der Waals surface area contributed by atoms with Gasteiger partial charge in [-0.25, -0.2) is 13.1 Å². The molecule has 0 spiro atoms. The Labute approximate surface area is 130 Å². The number of nitro benzene ring substituents is 1. The van der Waals surface area contributed by atoms with E-state index in [9.17, 15) is 18.5 Å². The van der Waals surface area contributed by atoms with Gasteiger partial charge in [-0.1, -0.05) is 11.6 Å². The lowest BCUT2D eigenvalue weighted by molar-refractivity contribution is -0.385. The summed E-state index contributed by atoms with van der Waals surface area (Å²) in [5, 5.41) is 11.0. The van der Waals surface area contributed by atoms with E-state index in [0.717, 1.165) is 37.3 Å². The minimum atomic E-state index is -3.75. The SMILES string of the molecule is Cc1cc(S(=O)(=O)NCC2=CCCCC2)cc([N+](=O)[O-])c1C. The molecular weight excluding hydrogens is 304 g/mol. The highest BCUT2D eigenvalue weighted by Crippen LogP contribution is 2.26. The van der Waals surface area contributed by atoms with Crippen LogP contribution >= 0.6 is 0 Å². The molecule has 0 amide bonds. The molecule has 0 atom stereocenters. The zero-order chi connectivity index (χ0) is 16.3. The van der Waals surface area contributed by atoms with Crippen LogP contribution in [-0.4, -0.2) is 19.9 Å². The van der Waals surface area contributed by atoms with Gasteiger partial charge in [-0.15, -0.1) is 0 Å². The largest absolute Gasteiger partial charge is 0.273 e. The number of hydrogen-bond donors (Lipinski definition) is 1. The van der Waals surface area contributed by atoms with Gasteiger partial charge in [-0.05, 0) is 51.2 Å². The molecule has 0 unspecified atom stereocenters. The van der Waals surface area contributed by atoms with Crippen molar-refractivity contribution >= 4 is 15.7 Å². The molecule has 0 saturated heterocycles. The van der Waals surface area contributed by atoms with Crippen molar-refractivity contribution in [3.05, 3.63) is 45.0 Å². The van der Waals surface area contributed by atoms with Crippen molar-refractivity contribution in [1.29, 1.82) is 0 Å². The molecule has 0 fully saturated rings. The lowest BCUT2D eigenvalue weighted by atomic mass is 10.0. The van der Waals surface area contributed by atoms with Crippen molar-refractivity contribution in [2.24, 2.45) is 0 Å². The predicted octanol–water partition coefficient (Wildman–Crippen LogP) is 2.99. The maximum Gasteiger partial charge on any atom is 0.273 e. The van der Waals surface area contributed by atoms with Gasteiger partial charge in [0, 0.05) is 18.2 Å². The van der Waals surface area contributed by atoms with Gasteiger partial charge in [0.15, 0.2) is 0 Å². The van der Waals surface area contributed by atoms with E-state index < -0.39 is 14.9 Å². The molecule has 1 aliphatic carbocycles. The molecule has 2 rings (SSSR count). The fraction of sp³-hybridized carbons (Fsp3) is 0.467. The Kier molecular flexibility index (Phi) is 4.97. The molecule has 0 aliphatic heterocycles. The summed E-state index contributed by atoms with van der Waals surface area (Å²) in [6.07, 6.45) is 6.15. The van der Waals surface area contributed by atoms with Crippen LogP contribution in [0.15, 0.2) is 28.7 Å². The first-order valence-corrected chi connectivity index (χ1v) is 8.73. The van der Waals surface area contributed by atoms with Gasteiger partial charge in [-0.2, -0.15) is 0 Å². The first kappa shape index (κ1) is 16.6. The molecular formula is C15H20N2O4S. The Morgan fingerprint density at radius 3 is 2.59 bits per heavy atom. The summed E-state index contributed by atoms with van der Waals surface area (Å²) >= 11 is 0. The predicted molar refractivity (Wildman–Crippen MR) is 84.3 cm³/mol. The first-order chi connectivity index (χ1) is 10.3. The number of allylic oxidation sites excluding steroid dienone is 1. The summed E-state index contributed by atoms with van der Waals surface area (Å²) in [7, 11) is -3.75. The van der Waals surface area contributed by atoms with E-state index in [1.807, 2.05) is 0 Å². The van der Waals surface area contributed by atoms with Gasteiger partial charge >= 0.3 is 0 Å². The average Bonchev–Trinajstić information content (AvgIpc) is 2.48. The van der Waals surface area contributed by atoms with Crippen LogP contribution in [0.5, 0.6) is 0 Å². The van der Waals surface area contributed by atoms with Crippen molar-refractivity contribution in [2.45, 2.75) is 44.4 Å². The molecule has 0 bridgehead atoms. The fourth-order valence-corrected chi connectivity index (χ4v) is 3.63.